The Bertz CT molecular complexity index is 154. The van der Waals surface area contributed by atoms with Crippen LogP contribution in [0.1, 0.15) is 54.9 Å². The zero-order chi connectivity index (χ0) is 15.4. The van der Waals surface area contributed by atoms with Crippen LogP contribution < -0.4 is 0 Å². The molecule has 0 radical (unpaired) electrons. The van der Waals surface area contributed by atoms with Crippen LogP contribution in [0.2, 0.25) is 0 Å². The van der Waals surface area contributed by atoms with Crippen LogP contribution in [-0.4, -0.2) is 37.1 Å². The molecule has 0 atom stereocenters. The molecule has 0 N–H and O–H groups in total. The molecule has 0 aromatic rings. The second-order valence-corrected chi connectivity index (χ2v) is 2.43. The molecule has 1 aliphatic heterocycles. The van der Waals surface area contributed by atoms with Gasteiger partial charge in [-0.15, -0.1) is 12.8 Å². The summed E-state index contributed by atoms with van der Waals surface area (Å²) in [6.07, 6.45) is 9.03. The number of carbonyl (C=O) groups excluding carboxylic acids is 1. The lowest BCUT2D eigenvalue weighted by Crippen LogP contribution is -2.41. The molecule has 18 heavy (non-hydrogen) atoms. The standard InChI is InChI=1S/C7H13NO2.3C2H6.C2H2/c1-2-3-8-4-5-10-6-7(8)9;4*1-2/h2-6H2,1H3;3*1-2H3;1-2H. The smallest absolute Gasteiger partial charge is 0.248 e. The Kier molecular flexibility index (Phi) is 42.5. The topological polar surface area (TPSA) is 29.5 Å². The number of rotatable bonds is 2. The lowest BCUT2D eigenvalue weighted by molar-refractivity contribution is -0.142. The molecule has 1 aliphatic rings. The second kappa shape index (κ2) is 29.7. The minimum Gasteiger partial charge on any atom is -0.370 e. The van der Waals surface area contributed by atoms with Crippen LogP contribution in [0.3, 0.4) is 0 Å². The van der Waals surface area contributed by atoms with Crippen LogP contribution in [0.25, 0.3) is 0 Å². The maximum absolute atomic E-state index is 11.0. The predicted molar refractivity (Wildman–Crippen MR) is 81.6 cm³/mol. The molecule has 1 heterocycles. The zero-order valence-corrected chi connectivity index (χ0v) is 13.5. The van der Waals surface area contributed by atoms with Crippen molar-refractivity contribution in [2.45, 2.75) is 54.9 Å². The molecule has 0 aromatic carbocycles. The summed E-state index contributed by atoms with van der Waals surface area (Å²) in [5, 5.41) is 0. The maximum Gasteiger partial charge on any atom is 0.248 e. The van der Waals surface area contributed by atoms with Gasteiger partial charge in [0.25, 0.3) is 0 Å². The average Bonchev–Trinajstić information content (AvgIpc) is 2.50. The Labute approximate surface area is 115 Å². The van der Waals surface area contributed by atoms with Crippen molar-refractivity contribution in [3.8, 4) is 12.8 Å². The maximum atomic E-state index is 11.0. The Morgan fingerprint density at radius 3 is 1.89 bits per heavy atom. The fourth-order valence-electron chi connectivity index (χ4n) is 1.06. The molecule has 0 aromatic heterocycles. The molecule has 0 saturated carbocycles. The molecule has 0 unspecified atom stereocenters. The number of ether oxygens (including phenoxy) is 1. The van der Waals surface area contributed by atoms with Crippen molar-refractivity contribution in [2.75, 3.05) is 26.3 Å². The molecule has 1 rings (SSSR count). The summed E-state index contributed by atoms with van der Waals surface area (Å²) in [6, 6.07) is 0. The van der Waals surface area contributed by atoms with Crippen molar-refractivity contribution >= 4 is 5.91 Å². The number of hydrogen-bond donors (Lipinski definition) is 0. The van der Waals surface area contributed by atoms with Gasteiger partial charge in [-0.25, -0.2) is 0 Å². The van der Waals surface area contributed by atoms with Crippen LogP contribution in [0.4, 0.5) is 0 Å². The van der Waals surface area contributed by atoms with Crippen molar-refractivity contribution in [1.29, 1.82) is 0 Å². The van der Waals surface area contributed by atoms with Gasteiger partial charge >= 0.3 is 0 Å². The van der Waals surface area contributed by atoms with Crippen LogP contribution in [0.5, 0.6) is 0 Å². The predicted octanol–water partition coefficient (Wildman–Crippen LogP) is 3.58. The Morgan fingerprint density at radius 2 is 1.56 bits per heavy atom. The summed E-state index contributed by atoms with van der Waals surface area (Å²) >= 11 is 0. The summed E-state index contributed by atoms with van der Waals surface area (Å²) in [5.74, 6) is 0.133. The van der Waals surface area contributed by atoms with E-state index in [0.29, 0.717) is 6.61 Å². The van der Waals surface area contributed by atoms with Gasteiger partial charge in [0.2, 0.25) is 5.91 Å². The van der Waals surface area contributed by atoms with Crippen LogP contribution in [0.15, 0.2) is 0 Å². The minimum absolute atomic E-state index is 0.133. The SMILES string of the molecule is C#C.CC.CC.CC.CCCN1CCOCC1=O. The first-order chi connectivity index (χ1) is 8.84. The average molecular weight is 259 g/mol. The van der Waals surface area contributed by atoms with E-state index >= 15 is 0 Å². The summed E-state index contributed by atoms with van der Waals surface area (Å²) in [6.45, 7) is 16.7. The summed E-state index contributed by atoms with van der Waals surface area (Å²) in [7, 11) is 0. The Morgan fingerprint density at radius 1 is 1.11 bits per heavy atom. The number of carbonyl (C=O) groups is 1. The van der Waals surface area contributed by atoms with Crippen molar-refractivity contribution in [3.05, 3.63) is 0 Å². The van der Waals surface area contributed by atoms with Gasteiger partial charge in [0.05, 0.1) is 6.61 Å². The first-order valence-electron chi connectivity index (χ1n) is 7.03. The second-order valence-electron chi connectivity index (χ2n) is 2.43. The van der Waals surface area contributed by atoms with E-state index in [9.17, 15) is 4.79 Å². The van der Waals surface area contributed by atoms with Crippen LogP contribution >= 0.6 is 0 Å². The number of hydrogen-bond acceptors (Lipinski definition) is 2. The molecule has 110 valence electrons. The summed E-state index contributed by atoms with van der Waals surface area (Å²) in [4.78, 5) is 12.8. The van der Waals surface area contributed by atoms with Gasteiger partial charge in [-0.1, -0.05) is 48.5 Å². The molecular formula is C15H33NO2. The highest BCUT2D eigenvalue weighted by Crippen LogP contribution is 1.98. The number of nitrogens with zero attached hydrogens (tertiary/aromatic N) is 1. The monoisotopic (exact) mass is 259 g/mol. The molecule has 1 fully saturated rings. The minimum atomic E-state index is 0.133. The Balaban J connectivity index is -0.000000105. The van der Waals surface area contributed by atoms with E-state index in [0.717, 1.165) is 19.5 Å². The summed E-state index contributed by atoms with van der Waals surface area (Å²) in [5.41, 5.74) is 0. The van der Waals surface area contributed by atoms with Gasteiger partial charge in [-0.05, 0) is 6.42 Å². The number of terminal acetylenes is 1. The van der Waals surface area contributed by atoms with E-state index in [-0.39, 0.29) is 12.5 Å². The molecular weight excluding hydrogens is 226 g/mol. The van der Waals surface area contributed by atoms with E-state index in [1.54, 1.807) is 0 Å². The largest absolute Gasteiger partial charge is 0.370 e. The number of morpholine rings is 1. The molecule has 3 nitrogen and oxygen atoms in total. The van der Waals surface area contributed by atoms with E-state index in [2.05, 4.69) is 19.8 Å². The fraction of sp³-hybridized carbons (Fsp3) is 0.800. The zero-order valence-electron chi connectivity index (χ0n) is 13.5. The third kappa shape index (κ3) is 17.4. The third-order valence-electron chi connectivity index (χ3n) is 1.58. The molecule has 0 aliphatic carbocycles. The van der Waals surface area contributed by atoms with Crippen molar-refractivity contribution in [1.82, 2.24) is 4.90 Å². The van der Waals surface area contributed by atoms with E-state index in [4.69, 9.17) is 4.74 Å². The van der Waals surface area contributed by atoms with Crippen molar-refractivity contribution < 1.29 is 9.53 Å². The highest BCUT2D eigenvalue weighted by atomic mass is 16.5. The lowest BCUT2D eigenvalue weighted by atomic mass is 10.3. The molecule has 1 amide bonds. The van der Waals surface area contributed by atoms with Gasteiger partial charge in [0, 0.05) is 13.1 Å². The molecule has 0 bridgehead atoms. The normalized spacial score (nSPS) is 12.1. The van der Waals surface area contributed by atoms with E-state index in [1.807, 2.05) is 46.4 Å². The molecule has 0 spiro atoms. The van der Waals surface area contributed by atoms with Crippen molar-refractivity contribution in [3.63, 3.8) is 0 Å². The third-order valence-corrected chi connectivity index (χ3v) is 1.58. The van der Waals surface area contributed by atoms with Gasteiger partial charge < -0.3 is 9.64 Å². The highest BCUT2D eigenvalue weighted by Gasteiger charge is 2.16. The quantitative estimate of drug-likeness (QED) is 0.709. The van der Waals surface area contributed by atoms with Crippen molar-refractivity contribution in [2.24, 2.45) is 0 Å². The first kappa shape index (κ1) is 25.7. The van der Waals surface area contributed by atoms with Crippen LogP contribution in [0, 0.1) is 12.8 Å². The van der Waals surface area contributed by atoms with E-state index < -0.39 is 0 Å². The highest BCUT2D eigenvalue weighted by molar-refractivity contribution is 5.77. The van der Waals surface area contributed by atoms with Gasteiger partial charge in [0.15, 0.2) is 0 Å². The fourth-order valence-corrected chi connectivity index (χ4v) is 1.06. The Hall–Kier alpha value is -1.01. The van der Waals surface area contributed by atoms with Crippen LogP contribution in [-0.2, 0) is 9.53 Å². The number of amides is 1. The van der Waals surface area contributed by atoms with Gasteiger partial charge in [-0.2, -0.15) is 0 Å². The van der Waals surface area contributed by atoms with Gasteiger partial charge in [-0.3, -0.25) is 4.79 Å². The lowest BCUT2D eigenvalue weighted by Gasteiger charge is -2.25. The first-order valence-corrected chi connectivity index (χ1v) is 7.03. The van der Waals surface area contributed by atoms with Gasteiger partial charge in [0.1, 0.15) is 6.61 Å². The molecule has 1 saturated heterocycles. The summed E-state index contributed by atoms with van der Waals surface area (Å²) < 4.78 is 4.97. The molecule has 3 heteroatoms. The van der Waals surface area contributed by atoms with E-state index in [1.165, 1.54) is 0 Å².